The van der Waals surface area contributed by atoms with Crippen LogP contribution in [0.2, 0.25) is 5.02 Å². The highest BCUT2D eigenvalue weighted by Gasteiger charge is 2.38. The zero-order chi connectivity index (χ0) is 16.5. The molecule has 2 bridgehead atoms. The molecular weight excluding hydrogens is 340 g/mol. The molecule has 0 aliphatic carbocycles. The van der Waals surface area contributed by atoms with E-state index in [0.717, 1.165) is 33.4 Å². The summed E-state index contributed by atoms with van der Waals surface area (Å²) in [5.41, 5.74) is 1.05. The average molecular weight is 359 g/mol. The fourth-order valence-electron chi connectivity index (χ4n) is 3.54. The van der Waals surface area contributed by atoms with Crippen molar-refractivity contribution in [3.05, 3.63) is 56.7 Å². The van der Waals surface area contributed by atoms with Crippen molar-refractivity contribution in [2.75, 3.05) is 19.6 Å². The lowest BCUT2D eigenvalue weighted by molar-refractivity contribution is 0.0928. The smallest absolute Gasteiger partial charge is 0.261 e. The molecule has 24 heavy (non-hydrogen) atoms. The summed E-state index contributed by atoms with van der Waals surface area (Å²) < 4.78 is 0. The summed E-state index contributed by atoms with van der Waals surface area (Å²) >= 11 is 7.51. The van der Waals surface area contributed by atoms with Crippen LogP contribution in [0.15, 0.2) is 36.4 Å². The maximum absolute atomic E-state index is 12.4. The summed E-state index contributed by atoms with van der Waals surface area (Å²) in [6, 6.07) is 11.9. The summed E-state index contributed by atoms with van der Waals surface area (Å²) in [4.78, 5) is 16.7. The fraction of sp³-hybridized carbons (Fsp3) is 0.316. The molecule has 2 aromatic rings. The number of nitrogens with one attached hydrogen (secondary N) is 1. The van der Waals surface area contributed by atoms with Gasteiger partial charge in [-0.3, -0.25) is 4.79 Å². The van der Waals surface area contributed by atoms with Crippen LogP contribution in [0, 0.1) is 5.92 Å². The number of carbonyl (C=O) groups is 1. The Kier molecular flexibility index (Phi) is 4.44. The Hall–Kier alpha value is -1.62. The number of rotatable bonds is 4. The summed E-state index contributed by atoms with van der Waals surface area (Å²) in [5.74, 6) is 0.692. The molecule has 0 radical (unpaired) electrons. The van der Waals surface area contributed by atoms with E-state index < -0.39 is 0 Å². The SMILES string of the molecule is O=C(N[C@H]1CN2CC[C@H]1C2)c1ccc(C=Cc2cccc(Cl)c2)s1. The minimum Gasteiger partial charge on any atom is -0.347 e. The second kappa shape index (κ2) is 6.71. The molecule has 3 atom stereocenters. The monoisotopic (exact) mass is 358 g/mol. The number of hydrogen-bond acceptors (Lipinski definition) is 3. The second-order valence-corrected chi connectivity index (χ2v) is 8.03. The van der Waals surface area contributed by atoms with Crippen molar-refractivity contribution in [1.82, 2.24) is 10.2 Å². The van der Waals surface area contributed by atoms with Crippen LogP contribution in [0.25, 0.3) is 12.2 Å². The predicted molar refractivity (Wildman–Crippen MR) is 101 cm³/mol. The van der Waals surface area contributed by atoms with Crippen molar-refractivity contribution >= 4 is 41.0 Å². The van der Waals surface area contributed by atoms with Crippen molar-refractivity contribution in [2.45, 2.75) is 12.5 Å². The van der Waals surface area contributed by atoms with E-state index >= 15 is 0 Å². The number of piperidine rings is 1. The first-order chi connectivity index (χ1) is 11.7. The summed E-state index contributed by atoms with van der Waals surface area (Å²) in [6.45, 7) is 3.33. The molecular formula is C19H19ClN2OS. The quantitative estimate of drug-likeness (QED) is 0.895. The molecule has 124 valence electrons. The standard InChI is InChI=1S/C19H19ClN2OS/c20-15-3-1-2-13(10-15)4-5-16-6-7-18(24-16)19(23)21-17-12-22-9-8-14(17)11-22/h1-7,10,14,17H,8-9,11-12H2,(H,21,23)/t14-,17-/m0/s1. The molecule has 2 aliphatic rings. The predicted octanol–water partition coefficient (Wildman–Crippen LogP) is 4.01. The summed E-state index contributed by atoms with van der Waals surface area (Å²) in [7, 11) is 0. The molecule has 5 heteroatoms. The molecule has 0 saturated carbocycles. The van der Waals surface area contributed by atoms with Crippen molar-refractivity contribution in [2.24, 2.45) is 5.92 Å². The van der Waals surface area contributed by atoms with Gasteiger partial charge >= 0.3 is 0 Å². The molecule has 2 saturated heterocycles. The van der Waals surface area contributed by atoms with Crippen LogP contribution in [0.5, 0.6) is 0 Å². The van der Waals surface area contributed by atoms with Crippen LogP contribution in [-0.4, -0.2) is 36.5 Å². The van der Waals surface area contributed by atoms with Gasteiger partial charge in [0.1, 0.15) is 0 Å². The molecule has 2 fully saturated rings. The van der Waals surface area contributed by atoms with Gasteiger partial charge in [-0.1, -0.05) is 29.8 Å². The van der Waals surface area contributed by atoms with Crippen LogP contribution in [0.4, 0.5) is 0 Å². The Bertz CT molecular complexity index is 785. The highest BCUT2D eigenvalue weighted by molar-refractivity contribution is 7.14. The van der Waals surface area contributed by atoms with Gasteiger partial charge in [-0.2, -0.15) is 0 Å². The number of nitrogens with zero attached hydrogens (tertiary/aromatic N) is 1. The zero-order valence-electron chi connectivity index (χ0n) is 13.2. The second-order valence-electron chi connectivity index (χ2n) is 6.48. The van der Waals surface area contributed by atoms with Gasteiger partial charge in [-0.15, -0.1) is 11.3 Å². The molecule has 1 aromatic heterocycles. The van der Waals surface area contributed by atoms with Gasteiger partial charge in [0.05, 0.1) is 4.88 Å². The third kappa shape index (κ3) is 3.41. The van der Waals surface area contributed by atoms with Gasteiger partial charge in [0, 0.05) is 29.0 Å². The van der Waals surface area contributed by atoms with Crippen molar-refractivity contribution in [3.63, 3.8) is 0 Å². The molecule has 1 amide bonds. The van der Waals surface area contributed by atoms with E-state index in [1.807, 2.05) is 48.6 Å². The van der Waals surface area contributed by atoms with Crippen LogP contribution < -0.4 is 5.32 Å². The van der Waals surface area contributed by atoms with E-state index in [0.29, 0.717) is 12.0 Å². The van der Waals surface area contributed by atoms with Gasteiger partial charge in [0.25, 0.3) is 5.91 Å². The first-order valence-electron chi connectivity index (χ1n) is 8.24. The van der Waals surface area contributed by atoms with E-state index in [4.69, 9.17) is 11.6 Å². The highest BCUT2D eigenvalue weighted by Crippen LogP contribution is 2.28. The Morgan fingerprint density at radius 3 is 2.92 bits per heavy atom. The molecule has 3 nitrogen and oxygen atoms in total. The molecule has 1 unspecified atom stereocenters. The average Bonchev–Trinajstić information content (AvgIpc) is 3.29. The number of amides is 1. The summed E-state index contributed by atoms with van der Waals surface area (Å²) in [5, 5.41) is 3.94. The third-order valence-electron chi connectivity index (χ3n) is 4.79. The first kappa shape index (κ1) is 15.9. The molecule has 1 N–H and O–H groups in total. The Balaban J connectivity index is 1.40. The van der Waals surface area contributed by atoms with Gasteiger partial charge < -0.3 is 10.2 Å². The third-order valence-corrected chi connectivity index (χ3v) is 6.07. The number of fused-ring (bicyclic) bond motifs is 2. The van der Waals surface area contributed by atoms with Gasteiger partial charge in [-0.25, -0.2) is 0 Å². The van der Waals surface area contributed by atoms with Gasteiger partial charge in [0.15, 0.2) is 0 Å². The lowest BCUT2D eigenvalue weighted by atomic mass is 10.00. The van der Waals surface area contributed by atoms with Crippen LogP contribution in [-0.2, 0) is 0 Å². The van der Waals surface area contributed by atoms with E-state index in [2.05, 4.69) is 10.2 Å². The van der Waals surface area contributed by atoms with Crippen LogP contribution in [0.1, 0.15) is 26.5 Å². The van der Waals surface area contributed by atoms with Crippen molar-refractivity contribution < 1.29 is 4.79 Å². The van der Waals surface area contributed by atoms with E-state index in [1.54, 1.807) is 0 Å². The Morgan fingerprint density at radius 2 is 2.17 bits per heavy atom. The molecule has 2 aliphatic heterocycles. The van der Waals surface area contributed by atoms with Crippen LogP contribution in [0.3, 0.4) is 0 Å². The number of thiophene rings is 1. The molecule has 1 aromatic carbocycles. The Morgan fingerprint density at radius 1 is 1.25 bits per heavy atom. The maximum Gasteiger partial charge on any atom is 0.261 e. The van der Waals surface area contributed by atoms with Gasteiger partial charge in [-0.05, 0) is 54.8 Å². The number of hydrogen-bond donors (Lipinski definition) is 1. The molecule has 0 spiro atoms. The largest absolute Gasteiger partial charge is 0.347 e. The maximum atomic E-state index is 12.4. The fourth-order valence-corrected chi connectivity index (χ4v) is 4.55. The minimum atomic E-state index is 0.0566. The first-order valence-corrected chi connectivity index (χ1v) is 9.43. The lowest BCUT2D eigenvalue weighted by Crippen LogP contribution is -2.42. The normalized spacial score (nSPS) is 25.5. The highest BCUT2D eigenvalue weighted by atomic mass is 35.5. The lowest BCUT2D eigenvalue weighted by Gasteiger charge is -2.22. The van der Waals surface area contributed by atoms with E-state index in [-0.39, 0.29) is 5.91 Å². The molecule has 3 heterocycles. The Labute approximate surface area is 150 Å². The number of benzene rings is 1. The molecule has 4 rings (SSSR count). The topological polar surface area (TPSA) is 32.3 Å². The van der Waals surface area contributed by atoms with Crippen molar-refractivity contribution in [3.8, 4) is 0 Å². The van der Waals surface area contributed by atoms with Crippen LogP contribution >= 0.6 is 22.9 Å². The summed E-state index contributed by atoms with van der Waals surface area (Å²) in [6.07, 6.45) is 5.25. The van der Waals surface area contributed by atoms with Crippen molar-refractivity contribution in [1.29, 1.82) is 0 Å². The van der Waals surface area contributed by atoms with Gasteiger partial charge in [0.2, 0.25) is 0 Å². The number of halogens is 1. The van der Waals surface area contributed by atoms with E-state index in [1.165, 1.54) is 24.3 Å². The minimum absolute atomic E-state index is 0.0566. The van der Waals surface area contributed by atoms with E-state index in [9.17, 15) is 4.79 Å². The number of carbonyl (C=O) groups excluding carboxylic acids is 1. The zero-order valence-corrected chi connectivity index (χ0v) is 14.8.